The molecular weight excluding hydrogens is 300 g/mol. The summed E-state index contributed by atoms with van der Waals surface area (Å²) < 4.78 is 0. The Morgan fingerprint density at radius 3 is 2.22 bits per heavy atom. The van der Waals surface area contributed by atoms with Crippen LogP contribution in [-0.4, -0.2) is 29.1 Å². The first-order valence-electron chi connectivity index (χ1n) is 10.4. The van der Waals surface area contributed by atoms with Gasteiger partial charge in [0.05, 0.1) is 0 Å². The molecule has 3 aliphatic rings. The minimum Gasteiger partial charge on any atom is -0.360 e. The lowest BCUT2D eigenvalue weighted by molar-refractivity contribution is 0.245. The van der Waals surface area contributed by atoms with Crippen molar-refractivity contribution in [3.05, 3.63) is 0 Å². The van der Waals surface area contributed by atoms with E-state index in [2.05, 4.69) is 10.2 Å². The summed E-state index contributed by atoms with van der Waals surface area (Å²) in [5.74, 6) is 1.99. The molecule has 0 radical (unpaired) electrons. The van der Waals surface area contributed by atoms with E-state index in [-0.39, 0.29) is 0 Å². The second kappa shape index (κ2) is 9.25. The number of nitrogens with zero attached hydrogens (tertiary/aromatic N) is 1. The fourth-order valence-corrected chi connectivity index (χ4v) is 5.40. The zero-order valence-corrected chi connectivity index (χ0v) is 15.7. The molecule has 2 saturated carbocycles. The first-order valence-corrected chi connectivity index (χ1v) is 10.8. The summed E-state index contributed by atoms with van der Waals surface area (Å²) in [6, 6.07) is 0.681. The first kappa shape index (κ1) is 17.5. The Kier molecular flexibility index (Phi) is 7.04. The Hall–Kier alpha value is -0.310. The number of unbranched alkanes of at least 4 members (excludes halogenated alkanes) is 1. The van der Waals surface area contributed by atoms with Crippen molar-refractivity contribution in [1.82, 2.24) is 10.2 Å². The van der Waals surface area contributed by atoms with Gasteiger partial charge in [-0.3, -0.25) is 0 Å². The lowest BCUT2D eigenvalue weighted by Crippen LogP contribution is -2.36. The zero-order chi connectivity index (χ0) is 15.9. The Morgan fingerprint density at radius 2 is 1.52 bits per heavy atom. The number of rotatable bonds is 7. The van der Waals surface area contributed by atoms with E-state index < -0.39 is 0 Å². The molecular formula is C20H36N2S. The Labute approximate surface area is 148 Å². The summed E-state index contributed by atoms with van der Waals surface area (Å²) in [5.41, 5.74) is 0. The molecule has 3 rings (SSSR count). The van der Waals surface area contributed by atoms with Crippen molar-refractivity contribution < 1.29 is 0 Å². The molecule has 2 aliphatic carbocycles. The van der Waals surface area contributed by atoms with Crippen LogP contribution < -0.4 is 5.32 Å². The van der Waals surface area contributed by atoms with E-state index in [0.717, 1.165) is 23.5 Å². The zero-order valence-electron chi connectivity index (χ0n) is 14.9. The Morgan fingerprint density at radius 1 is 0.870 bits per heavy atom. The van der Waals surface area contributed by atoms with Crippen LogP contribution in [0.15, 0.2) is 0 Å². The van der Waals surface area contributed by atoms with Crippen LogP contribution >= 0.6 is 12.2 Å². The number of hydrogen-bond donors (Lipinski definition) is 1. The molecule has 1 aliphatic heterocycles. The van der Waals surface area contributed by atoms with Crippen LogP contribution in [0, 0.1) is 11.8 Å². The van der Waals surface area contributed by atoms with Crippen molar-refractivity contribution in [2.45, 2.75) is 95.9 Å². The van der Waals surface area contributed by atoms with Crippen molar-refractivity contribution in [2.75, 3.05) is 13.1 Å². The smallest absolute Gasteiger partial charge is 0.169 e. The lowest BCUT2D eigenvalue weighted by Gasteiger charge is -2.30. The van der Waals surface area contributed by atoms with Gasteiger partial charge in [0.25, 0.3) is 0 Å². The molecule has 1 heterocycles. The molecule has 0 bridgehead atoms. The lowest BCUT2D eigenvalue weighted by atomic mass is 9.84. The van der Waals surface area contributed by atoms with Gasteiger partial charge in [0.1, 0.15) is 0 Å². The average Bonchev–Trinajstić information content (AvgIpc) is 2.94. The van der Waals surface area contributed by atoms with Gasteiger partial charge in [0.2, 0.25) is 0 Å². The van der Waals surface area contributed by atoms with Gasteiger partial charge in [-0.1, -0.05) is 77.0 Å². The van der Waals surface area contributed by atoms with E-state index in [1.54, 1.807) is 0 Å². The van der Waals surface area contributed by atoms with Gasteiger partial charge in [-0.2, -0.15) is 0 Å². The molecule has 1 saturated heterocycles. The number of nitrogens with one attached hydrogen (secondary N) is 1. The molecule has 0 amide bonds. The van der Waals surface area contributed by atoms with Crippen molar-refractivity contribution in [3.63, 3.8) is 0 Å². The standard InChI is InChI=1S/C20H36N2S/c23-20-21-16-19(15-18-12-5-2-6-13-18)22(20)14-8-7-11-17-9-3-1-4-10-17/h17-19H,1-16H2,(H,21,23)/t19-/m0/s1. The highest BCUT2D eigenvalue weighted by Crippen LogP contribution is 2.30. The van der Waals surface area contributed by atoms with Crippen molar-refractivity contribution >= 4 is 17.3 Å². The van der Waals surface area contributed by atoms with E-state index in [0.29, 0.717) is 6.04 Å². The maximum Gasteiger partial charge on any atom is 0.169 e. The summed E-state index contributed by atoms with van der Waals surface area (Å²) in [6.45, 7) is 2.29. The fraction of sp³-hybridized carbons (Fsp3) is 0.950. The third-order valence-electron chi connectivity index (χ3n) is 6.51. The summed E-state index contributed by atoms with van der Waals surface area (Å²) >= 11 is 5.57. The van der Waals surface area contributed by atoms with Crippen molar-refractivity contribution in [3.8, 4) is 0 Å². The quantitative estimate of drug-likeness (QED) is 0.504. The number of hydrogen-bond acceptors (Lipinski definition) is 1. The van der Waals surface area contributed by atoms with E-state index in [1.807, 2.05) is 0 Å². The fourth-order valence-electron chi connectivity index (χ4n) is 5.08. The van der Waals surface area contributed by atoms with Crippen LogP contribution in [0.3, 0.4) is 0 Å². The third kappa shape index (κ3) is 5.34. The van der Waals surface area contributed by atoms with Crippen molar-refractivity contribution in [1.29, 1.82) is 0 Å². The topological polar surface area (TPSA) is 15.3 Å². The molecule has 1 atom stereocenters. The van der Waals surface area contributed by atoms with Gasteiger partial charge in [-0.05, 0) is 36.9 Å². The predicted molar refractivity (Wildman–Crippen MR) is 103 cm³/mol. The molecule has 0 spiro atoms. The molecule has 3 fully saturated rings. The molecule has 3 heteroatoms. The second-order valence-corrected chi connectivity index (χ2v) is 8.66. The average molecular weight is 337 g/mol. The second-order valence-electron chi connectivity index (χ2n) is 8.27. The van der Waals surface area contributed by atoms with Crippen LogP contribution in [0.1, 0.15) is 89.9 Å². The largest absolute Gasteiger partial charge is 0.360 e. The van der Waals surface area contributed by atoms with Crippen LogP contribution in [-0.2, 0) is 0 Å². The molecule has 0 aromatic rings. The Balaban J connectivity index is 1.36. The molecule has 2 nitrogen and oxygen atoms in total. The molecule has 1 N–H and O–H groups in total. The third-order valence-corrected chi connectivity index (χ3v) is 6.89. The minimum absolute atomic E-state index is 0.681. The highest BCUT2D eigenvalue weighted by molar-refractivity contribution is 7.80. The summed E-state index contributed by atoms with van der Waals surface area (Å²) in [6.07, 6.45) is 20.3. The van der Waals surface area contributed by atoms with Crippen LogP contribution in [0.4, 0.5) is 0 Å². The summed E-state index contributed by atoms with van der Waals surface area (Å²) in [7, 11) is 0. The maximum atomic E-state index is 5.57. The van der Waals surface area contributed by atoms with Crippen molar-refractivity contribution in [2.24, 2.45) is 11.8 Å². The van der Waals surface area contributed by atoms with Gasteiger partial charge in [-0.25, -0.2) is 0 Å². The molecule has 0 aromatic carbocycles. The molecule has 0 aromatic heterocycles. The van der Waals surface area contributed by atoms with Gasteiger partial charge in [0, 0.05) is 19.1 Å². The summed E-state index contributed by atoms with van der Waals surface area (Å²) in [5, 5.41) is 4.49. The van der Waals surface area contributed by atoms with Gasteiger partial charge in [0.15, 0.2) is 5.11 Å². The van der Waals surface area contributed by atoms with Crippen LogP contribution in [0.5, 0.6) is 0 Å². The monoisotopic (exact) mass is 336 g/mol. The van der Waals surface area contributed by atoms with Gasteiger partial charge >= 0.3 is 0 Å². The first-order chi connectivity index (χ1) is 11.3. The summed E-state index contributed by atoms with van der Waals surface area (Å²) in [4.78, 5) is 2.53. The minimum atomic E-state index is 0.681. The SMILES string of the molecule is S=C1NC[C@H](CC2CCCCC2)N1CCCCC1CCCCC1. The predicted octanol–water partition coefficient (Wildman–Crippen LogP) is 5.27. The van der Waals surface area contributed by atoms with Gasteiger partial charge < -0.3 is 10.2 Å². The normalized spacial score (nSPS) is 27.4. The van der Waals surface area contributed by atoms with E-state index in [4.69, 9.17) is 12.2 Å². The van der Waals surface area contributed by atoms with E-state index >= 15 is 0 Å². The number of thiocarbonyl (C=S) groups is 1. The molecule has 0 unspecified atom stereocenters. The van der Waals surface area contributed by atoms with E-state index in [1.165, 1.54) is 96.4 Å². The molecule has 23 heavy (non-hydrogen) atoms. The van der Waals surface area contributed by atoms with E-state index in [9.17, 15) is 0 Å². The molecule has 132 valence electrons. The maximum absolute atomic E-state index is 5.57. The Bertz CT molecular complexity index is 359. The highest BCUT2D eigenvalue weighted by Gasteiger charge is 2.30. The van der Waals surface area contributed by atoms with Crippen LogP contribution in [0.25, 0.3) is 0 Å². The van der Waals surface area contributed by atoms with Gasteiger partial charge in [-0.15, -0.1) is 0 Å². The highest BCUT2D eigenvalue weighted by atomic mass is 32.1. The van der Waals surface area contributed by atoms with Crippen LogP contribution in [0.2, 0.25) is 0 Å².